The number of carbonyl (C=O) groups excluding carboxylic acids is 1. The molecule has 128 valence electrons. The van der Waals surface area contributed by atoms with Crippen molar-refractivity contribution in [1.29, 1.82) is 0 Å². The molecule has 1 amide bonds. The Labute approximate surface area is 143 Å². The Bertz CT molecular complexity index is 669. The molecule has 24 heavy (non-hydrogen) atoms. The molecule has 0 aliphatic carbocycles. The Kier molecular flexibility index (Phi) is 5.25. The van der Waals surface area contributed by atoms with Crippen molar-refractivity contribution < 1.29 is 4.79 Å². The van der Waals surface area contributed by atoms with Gasteiger partial charge in [-0.3, -0.25) is 14.5 Å². The van der Waals surface area contributed by atoms with Crippen LogP contribution < -0.4 is 0 Å². The van der Waals surface area contributed by atoms with Crippen LogP contribution in [0.2, 0.25) is 0 Å². The van der Waals surface area contributed by atoms with Crippen molar-refractivity contribution >= 4 is 5.91 Å². The van der Waals surface area contributed by atoms with Crippen LogP contribution in [-0.2, 0) is 24.8 Å². The van der Waals surface area contributed by atoms with E-state index in [0.29, 0.717) is 12.3 Å². The number of hydrogen-bond donors (Lipinski definition) is 0. The number of carbonyl (C=O) groups is 1. The molecule has 6 nitrogen and oxygen atoms in total. The summed E-state index contributed by atoms with van der Waals surface area (Å²) in [5.74, 6) is 0.755. The van der Waals surface area contributed by atoms with E-state index in [1.54, 1.807) is 17.1 Å². The SMILES string of the molecule is CN(Cc1cccnc1)CC1CCN(C(=O)Cc2cnn(C)c2)C1. The molecule has 1 aliphatic heterocycles. The number of pyridine rings is 1. The molecular formula is C18H25N5O. The van der Waals surface area contributed by atoms with Crippen LogP contribution >= 0.6 is 0 Å². The van der Waals surface area contributed by atoms with E-state index in [0.717, 1.165) is 38.2 Å². The van der Waals surface area contributed by atoms with Crippen LogP contribution in [0.5, 0.6) is 0 Å². The summed E-state index contributed by atoms with van der Waals surface area (Å²) in [6.45, 7) is 3.63. The van der Waals surface area contributed by atoms with Gasteiger partial charge in [-0.2, -0.15) is 5.10 Å². The third-order valence-electron chi connectivity index (χ3n) is 4.50. The number of nitrogens with zero attached hydrogens (tertiary/aromatic N) is 5. The molecule has 1 fully saturated rings. The maximum atomic E-state index is 12.4. The van der Waals surface area contributed by atoms with E-state index in [-0.39, 0.29) is 5.91 Å². The Hall–Kier alpha value is -2.21. The van der Waals surface area contributed by atoms with Crippen molar-refractivity contribution in [2.45, 2.75) is 19.4 Å². The van der Waals surface area contributed by atoms with Gasteiger partial charge in [0.15, 0.2) is 0 Å². The quantitative estimate of drug-likeness (QED) is 0.803. The minimum atomic E-state index is 0.209. The van der Waals surface area contributed by atoms with E-state index in [4.69, 9.17) is 0 Å². The van der Waals surface area contributed by atoms with E-state index in [1.165, 1.54) is 5.56 Å². The first kappa shape index (κ1) is 16.6. The van der Waals surface area contributed by atoms with Crippen LogP contribution in [0.15, 0.2) is 36.9 Å². The summed E-state index contributed by atoms with van der Waals surface area (Å²) in [6, 6.07) is 4.07. The fraction of sp³-hybridized carbons (Fsp3) is 0.500. The number of likely N-dealkylation sites (tertiary alicyclic amines) is 1. The van der Waals surface area contributed by atoms with Crippen molar-refractivity contribution in [3.63, 3.8) is 0 Å². The molecule has 1 saturated heterocycles. The monoisotopic (exact) mass is 327 g/mol. The molecule has 2 aromatic rings. The third kappa shape index (κ3) is 4.41. The van der Waals surface area contributed by atoms with Crippen LogP contribution in [0.25, 0.3) is 0 Å². The van der Waals surface area contributed by atoms with E-state index in [1.807, 2.05) is 30.4 Å². The molecule has 3 rings (SSSR count). The molecule has 0 radical (unpaired) electrons. The van der Waals surface area contributed by atoms with Gasteiger partial charge >= 0.3 is 0 Å². The summed E-state index contributed by atoms with van der Waals surface area (Å²) in [4.78, 5) is 20.9. The predicted molar refractivity (Wildman–Crippen MR) is 92.2 cm³/mol. The average Bonchev–Trinajstić information content (AvgIpc) is 3.17. The highest BCUT2D eigenvalue weighted by atomic mass is 16.2. The maximum Gasteiger partial charge on any atom is 0.227 e. The van der Waals surface area contributed by atoms with Crippen molar-refractivity contribution in [1.82, 2.24) is 24.6 Å². The van der Waals surface area contributed by atoms with E-state index >= 15 is 0 Å². The van der Waals surface area contributed by atoms with Crippen molar-refractivity contribution in [2.24, 2.45) is 13.0 Å². The van der Waals surface area contributed by atoms with Gasteiger partial charge in [0.05, 0.1) is 12.6 Å². The lowest BCUT2D eigenvalue weighted by atomic mass is 10.1. The number of hydrogen-bond acceptors (Lipinski definition) is 4. The fourth-order valence-electron chi connectivity index (χ4n) is 3.37. The highest BCUT2D eigenvalue weighted by Crippen LogP contribution is 2.19. The van der Waals surface area contributed by atoms with Crippen molar-refractivity contribution in [2.75, 3.05) is 26.7 Å². The standard InChI is InChI=1S/C18H25N5O/c1-21(11-15-4-3-6-19-9-15)12-16-5-7-23(14-16)18(24)8-17-10-20-22(2)13-17/h3-4,6,9-10,13,16H,5,7-8,11-12,14H2,1-2H3. The number of amides is 1. The fourth-order valence-corrected chi connectivity index (χ4v) is 3.37. The van der Waals surface area contributed by atoms with Gasteiger partial charge in [-0.05, 0) is 36.6 Å². The third-order valence-corrected chi connectivity index (χ3v) is 4.50. The minimum absolute atomic E-state index is 0.209. The molecule has 6 heteroatoms. The number of aryl methyl sites for hydroxylation is 1. The van der Waals surface area contributed by atoms with Gasteiger partial charge in [-0.1, -0.05) is 6.07 Å². The molecule has 3 heterocycles. The number of rotatable bonds is 6. The highest BCUT2D eigenvalue weighted by molar-refractivity contribution is 5.78. The summed E-state index contributed by atoms with van der Waals surface area (Å²) >= 11 is 0. The molecule has 2 aromatic heterocycles. The summed E-state index contributed by atoms with van der Waals surface area (Å²) in [6.07, 6.45) is 8.92. The van der Waals surface area contributed by atoms with E-state index in [9.17, 15) is 4.79 Å². The first-order chi connectivity index (χ1) is 11.6. The lowest BCUT2D eigenvalue weighted by molar-refractivity contribution is -0.129. The van der Waals surface area contributed by atoms with Crippen LogP contribution in [-0.4, -0.2) is 57.2 Å². The molecule has 1 unspecified atom stereocenters. The summed E-state index contributed by atoms with van der Waals surface area (Å²) in [5.41, 5.74) is 2.21. The zero-order valence-electron chi connectivity index (χ0n) is 14.4. The molecule has 0 bridgehead atoms. The minimum Gasteiger partial charge on any atom is -0.342 e. The van der Waals surface area contributed by atoms with Crippen molar-refractivity contribution in [3.8, 4) is 0 Å². The smallest absolute Gasteiger partial charge is 0.227 e. The predicted octanol–water partition coefficient (Wildman–Crippen LogP) is 1.34. The van der Waals surface area contributed by atoms with Gasteiger partial charge in [-0.15, -0.1) is 0 Å². The Balaban J connectivity index is 1.45. The Morgan fingerprint density at radius 3 is 2.96 bits per heavy atom. The zero-order chi connectivity index (χ0) is 16.9. The maximum absolute atomic E-state index is 12.4. The molecule has 0 spiro atoms. The first-order valence-corrected chi connectivity index (χ1v) is 8.43. The van der Waals surface area contributed by atoms with E-state index < -0.39 is 0 Å². The Morgan fingerprint density at radius 2 is 2.25 bits per heavy atom. The van der Waals surface area contributed by atoms with Gasteiger partial charge < -0.3 is 9.80 Å². The molecule has 0 saturated carbocycles. The van der Waals surface area contributed by atoms with Gasteiger partial charge in [0.1, 0.15) is 0 Å². The largest absolute Gasteiger partial charge is 0.342 e. The molecule has 1 aliphatic rings. The summed E-state index contributed by atoms with van der Waals surface area (Å²) in [5, 5.41) is 4.12. The summed E-state index contributed by atoms with van der Waals surface area (Å²) in [7, 11) is 4.01. The van der Waals surface area contributed by atoms with Gasteiger partial charge in [0.25, 0.3) is 0 Å². The second kappa shape index (κ2) is 7.57. The zero-order valence-corrected chi connectivity index (χ0v) is 14.4. The lowest BCUT2D eigenvalue weighted by Gasteiger charge is -2.21. The highest BCUT2D eigenvalue weighted by Gasteiger charge is 2.27. The normalized spacial score (nSPS) is 17.6. The second-order valence-corrected chi connectivity index (χ2v) is 6.75. The molecule has 0 N–H and O–H groups in total. The topological polar surface area (TPSA) is 54.3 Å². The molecule has 1 atom stereocenters. The average molecular weight is 327 g/mol. The van der Waals surface area contributed by atoms with Gasteiger partial charge in [0.2, 0.25) is 5.91 Å². The van der Waals surface area contributed by atoms with E-state index in [2.05, 4.69) is 28.1 Å². The van der Waals surface area contributed by atoms with Crippen LogP contribution in [0.1, 0.15) is 17.5 Å². The molecule has 0 aromatic carbocycles. The summed E-state index contributed by atoms with van der Waals surface area (Å²) < 4.78 is 1.74. The first-order valence-electron chi connectivity index (χ1n) is 8.43. The van der Waals surface area contributed by atoms with Crippen LogP contribution in [0.3, 0.4) is 0 Å². The Morgan fingerprint density at radius 1 is 1.38 bits per heavy atom. The molecular weight excluding hydrogens is 302 g/mol. The lowest BCUT2D eigenvalue weighted by Crippen LogP contribution is -2.32. The van der Waals surface area contributed by atoms with Crippen molar-refractivity contribution in [3.05, 3.63) is 48.0 Å². The van der Waals surface area contributed by atoms with Gasteiger partial charge in [0, 0.05) is 51.8 Å². The van der Waals surface area contributed by atoms with Crippen LogP contribution in [0, 0.1) is 5.92 Å². The second-order valence-electron chi connectivity index (χ2n) is 6.75. The number of aromatic nitrogens is 3. The van der Waals surface area contributed by atoms with Gasteiger partial charge in [-0.25, -0.2) is 0 Å². The van der Waals surface area contributed by atoms with Crippen LogP contribution in [0.4, 0.5) is 0 Å².